The maximum Gasteiger partial charge on any atom is 0.156 e. The first kappa shape index (κ1) is 20.4. The molecular formula is C21H29N3O. The minimum Gasteiger partial charge on any atom is -0.489 e. The number of hydrogen-bond donors (Lipinski definition) is 1. The smallest absolute Gasteiger partial charge is 0.156 e. The monoisotopic (exact) mass is 339 g/mol. The van der Waals surface area contributed by atoms with Crippen LogP contribution in [0.2, 0.25) is 0 Å². The number of rotatable bonds is 8. The summed E-state index contributed by atoms with van der Waals surface area (Å²) >= 11 is 0. The number of benzene rings is 1. The molecule has 25 heavy (non-hydrogen) atoms. The van der Waals surface area contributed by atoms with Gasteiger partial charge in [0, 0.05) is 11.9 Å². The summed E-state index contributed by atoms with van der Waals surface area (Å²) in [7, 11) is 0. The Labute approximate surface area is 151 Å². The second kappa shape index (κ2) is 9.62. The van der Waals surface area contributed by atoms with E-state index in [4.69, 9.17) is 4.74 Å². The molecule has 4 heteroatoms. The van der Waals surface area contributed by atoms with Crippen LogP contribution in [0.3, 0.4) is 0 Å². The fraction of sp³-hybridized carbons (Fsp3) is 0.333. The first-order valence-corrected chi connectivity index (χ1v) is 8.39. The SMILES string of the molecule is C=C/C(C)=N/C(C(=C)C)=C(/N=C\C)Nc1ccc(C)cc1OC(C)C. The molecule has 134 valence electrons. The number of anilines is 1. The number of allylic oxidation sites excluding steroid dienone is 2. The zero-order chi connectivity index (χ0) is 19.0. The van der Waals surface area contributed by atoms with Gasteiger partial charge in [-0.2, -0.15) is 0 Å². The Morgan fingerprint density at radius 2 is 1.96 bits per heavy atom. The maximum absolute atomic E-state index is 5.94. The van der Waals surface area contributed by atoms with Crippen LogP contribution in [0.4, 0.5) is 5.69 Å². The molecule has 0 aromatic heterocycles. The fourth-order valence-corrected chi connectivity index (χ4v) is 2.07. The largest absolute Gasteiger partial charge is 0.489 e. The first-order valence-electron chi connectivity index (χ1n) is 8.39. The predicted molar refractivity (Wildman–Crippen MR) is 110 cm³/mol. The predicted octanol–water partition coefficient (Wildman–Crippen LogP) is 5.68. The summed E-state index contributed by atoms with van der Waals surface area (Å²) < 4.78 is 5.94. The lowest BCUT2D eigenvalue weighted by atomic mass is 10.2. The minimum absolute atomic E-state index is 0.0751. The van der Waals surface area contributed by atoms with Crippen LogP contribution in [-0.2, 0) is 0 Å². The van der Waals surface area contributed by atoms with E-state index in [1.165, 1.54) is 0 Å². The number of nitrogens with one attached hydrogen (secondary N) is 1. The minimum atomic E-state index is 0.0751. The highest BCUT2D eigenvalue weighted by molar-refractivity contribution is 5.93. The Bertz CT molecular complexity index is 725. The van der Waals surface area contributed by atoms with E-state index < -0.39 is 0 Å². The highest BCUT2D eigenvalue weighted by Crippen LogP contribution is 2.29. The fourth-order valence-electron chi connectivity index (χ4n) is 2.07. The topological polar surface area (TPSA) is 46.0 Å². The molecule has 0 unspecified atom stereocenters. The highest BCUT2D eigenvalue weighted by Gasteiger charge is 2.12. The van der Waals surface area contributed by atoms with Crippen molar-refractivity contribution < 1.29 is 4.74 Å². The summed E-state index contributed by atoms with van der Waals surface area (Å²) in [6, 6.07) is 6.02. The number of hydrogen-bond acceptors (Lipinski definition) is 4. The molecule has 0 saturated carbocycles. The third-order valence-electron chi connectivity index (χ3n) is 3.22. The Morgan fingerprint density at radius 1 is 1.28 bits per heavy atom. The second-order valence-electron chi connectivity index (χ2n) is 6.11. The van der Waals surface area contributed by atoms with Gasteiger partial charge in [-0.25, -0.2) is 9.98 Å². The van der Waals surface area contributed by atoms with Crippen molar-refractivity contribution in [1.82, 2.24) is 0 Å². The second-order valence-corrected chi connectivity index (χ2v) is 6.11. The van der Waals surface area contributed by atoms with Gasteiger partial charge in [0.25, 0.3) is 0 Å². The molecule has 0 radical (unpaired) electrons. The van der Waals surface area contributed by atoms with Gasteiger partial charge in [0.1, 0.15) is 11.4 Å². The first-order chi connectivity index (χ1) is 11.8. The molecular weight excluding hydrogens is 310 g/mol. The van der Waals surface area contributed by atoms with Crippen LogP contribution in [0.15, 0.2) is 64.5 Å². The third-order valence-corrected chi connectivity index (χ3v) is 3.22. The summed E-state index contributed by atoms with van der Waals surface area (Å²) in [5, 5.41) is 3.35. The van der Waals surface area contributed by atoms with Gasteiger partial charge < -0.3 is 10.1 Å². The zero-order valence-electron chi connectivity index (χ0n) is 16.2. The molecule has 0 spiro atoms. The standard InChI is InChI=1S/C21H29N3O/c1-9-17(8)23-20(14(3)4)21(22-10-2)24-18-12-11-16(7)13-19(18)25-15(5)6/h9-13,15,24H,1,3H2,2,4-8H3/b21-20-,22-10-,23-17+. The van der Waals surface area contributed by atoms with E-state index in [2.05, 4.69) is 28.5 Å². The molecule has 0 fully saturated rings. The Kier molecular flexibility index (Phi) is 7.86. The summed E-state index contributed by atoms with van der Waals surface area (Å²) in [6.45, 7) is 19.5. The van der Waals surface area contributed by atoms with Crippen LogP contribution < -0.4 is 10.1 Å². The molecule has 4 nitrogen and oxygen atoms in total. The van der Waals surface area contributed by atoms with Crippen LogP contribution in [0.25, 0.3) is 0 Å². The van der Waals surface area contributed by atoms with Crippen molar-refractivity contribution in [3.05, 3.63) is 60.1 Å². The van der Waals surface area contributed by atoms with Crippen molar-refractivity contribution in [3.8, 4) is 5.75 Å². The van der Waals surface area contributed by atoms with E-state index in [0.717, 1.165) is 28.3 Å². The van der Waals surface area contributed by atoms with Crippen LogP contribution in [0.5, 0.6) is 5.75 Å². The lowest BCUT2D eigenvalue weighted by Crippen LogP contribution is -2.10. The van der Waals surface area contributed by atoms with Crippen molar-refractivity contribution in [1.29, 1.82) is 0 Å². The van der Waals surface area contributed by atoms with E-state index in [0.29, 0.717) is 11.5 Å². The molecule has 1 aromatic rings. The summed E-state index contributed by atoms with van der Waals surface area (Å²) in [6.07, 6.45) is 3.50. The van der Waals surface area contributed by atoms with Crippen molar-refractivity contribution in [3.63, 3.8) is 0 Å². The molecule has 0 amide bonds. The van der Waals surface area contributed by atoms with Gasteiger partial charge in [-0.05, 0) is 70.9 Å². The van der Waals surface area contributed by atoms with Crippen molar-refractivity contribution in [2.75, 3.05) is 5.32 Å². The van der Waals surface area contributed by atoms with Gasteiger partial charge in [0.05, 0.1) is 11.8 Å². The molecule has 0 heterocycles. The number of ether oxygens (including phenoxy) is 1. The Balaban J connectivity index is 3.45. The lowest BCUT2D eigenvalue weighted by Gasteiger charge is -2.17. The molecule has 0 saturated heterocycles. The van der Waals surface area contributed by atoms with Crippen molar-refractivity contribution >= 4 is 17.6 Å². The zero-order valence-corrected chi connectivity index (χ0v) is 16.2. The summed E-state index contributed by atoms with van der Waals surface area (Å²) in [5.41, 5.74) is 4.27. The third kappa shape index (κ3) is 6.42. The average Bonchev–Trinajstić information content (AvgIpc) is 2.53. The number of aryl methyl sites for hydroxylation is 1. The highest BCUT2D eigenvalue weighted by atomic mass is 16.5. The molecule has 0 bridgehead atoms. The van der Waals surface area contributed by atoms with E-state index in [-0.39, 0.29) is 6.10 Å². The van der Waals surface area contributed by atoms with Gasteiger partial charge in [0.2, 0.25) is 0 Å². The van der Waals surface area contributed by atoms with Gasteiger partial charge in [-0.1, -0.05) is 19.2 Å². The molecule has 0 aliphatic rings. The van der Waals surface area contributed by atoms with Gasteiger partial charge in [0.15, 0.2) is 5.82 Å². The molecule has 1 N–H and O–H groups in total. The van der Waals surface area contributed by atoms with Crippen LogP contribution in [-0.4, -0.2) is 18.0 Å². The Morgan fingerprint density at radius 3 is 2.48 bits per heavy atom. The van der Waals surface area contributed by atoms with Crippen LogP contribution >= 0.6 is 0 Å². The van der Waals surface area contributed by atoms with Crippen LogP contribution in [0.1, 0.15) is 40.2 Å². The lowest BCUT2D eigenvalue weighted by molar-refractivity contribution is 0.243. The molecule has 0 atom stereocenters. The maximum atomic E-state index is 5.94. The van der Waals surface area contributed by atoms with E-state index in [1.807, 2.05) is 59.7 Å². The molecule has 0 aliphatic heterocycles. The van der Waals surface area contributed by atoms with Gasteiger partial charge >= 0.3 is 0 Å². The molecule has 1 aromatic carbocycles. The molecule has 0 aliphatic carbocycles. The van der Waals surface area contributed by atoms with E-state index >= 15 is 0 Å². The normalized spacial score (nSPS) is 13.0. The van der Waals surface area contributed by atoms with Crippen molar-refractivity contribution in [2.24, 2.45) is 9.98 Å². The Hall–Kier alpha value is -2.62. The average molecular weight is 339 g/mol. The number of aliphatic imine (C=N–C) groups is 2. The summed E-state index contributed by atoms with van der Waals surface area (Å²) in [5.74, 6) is 1.40. The van der Waals surface area contributed by atoms with Gasteiger partial charge in [-0.15, -0.1) is 0 Å². The van der Waals surface area contributed by atoms with Gasteiger partial charge in [-0.3, -0.25) is 0 Å². The molecule has 1 rings (SSSR count). The van der Waals surface area contributed by atoms with Crippen LogP contribution in [0, 0.1) is 6.92 Å². The number of nitrogens with zero attached hydrogens (tertiary/aromatic N) is 2. The van der Waals surface area contributed by atoms with E-state index in [9.17, 15) is 0 Å². The quantitative estimate of drug-likeness (QED) is 0.489. The van der Waals surface area contributed by atoms with Crippen molar-refractivity contribution in [2.45, 2.75) is 47.6 Å². The van der Waals surface area contributed by atoms with E-state index in [1.54, 1.807) is 12.3 Å². The summed E-state index contributed by atoms with van der Waals surface area (Å²) in [4.78, 5) is 9.04.